The quantitative estimate of drug-likeness (QED) is 0.929. The Bertz CT molecular complexity index is 490. The van der Waals surface area contributed by atoms with Gasteiger partial charge in [-0.3, -0.25) is 9.69 Å². The Hall–Kier alpha value is -1.39. The number of hydrogen-bond acceptors (Lipinski definition) is 3. The van der Waals surface area contributed by atoms with E-state index >= 15 is 0 Å². The number of carbonyl (C=O) groups excluding carboxylic acids is 1. The molecule has 22 heavy (non-hydrogen) atoms. The molecule has 4 heteroatoms. The van der Waals surface area contributed by atoms with Crippen molar-refractivity contribution in [3.63, 3.8) is 0 Å². The van der Waals surface area contributed by atoms with Gasteiger partial charge in [0.1, 0.15) is 0 Å². The molecule has 2 N–H and O–H groups in total. The van der Waals surface area contributed by atoms with Crippen LogP contribution in [0.3, 0.4) is 0 Å². The molecule has 2 aliphatic heterocycles. The largest absolute Gasteiger partial charge is 0.340 e. The van der Waals surface area contributed by atoms with Crippen molar-refractivity contribution in [1.29, 1.82) is 0 Å². The summed E-state index contributed by atoms with van der Waals surface area (Å²) in [6, 6.07) is 10.7. The second kappa shape index (κ2) is 7.25. The van der Waals surface area contributed by atoms with Gasteiger partial charge < -0.3 is 10.6 Å². The number of hydrogen-bond donors (Lipinski definition) is 1. The van der Waals surface area contributed by atoms with Gasteiger partial charge in [0, 0.05) is 25.7 Å². The molecule has 120 valence electrons. The van der Waals surface area contributed by atoms with Crippen molar-refractivity contribution in [3.8, 4) is 0 Å². The van der Waals surface area contributed by atoms with Crippen molar-refractivity contribution in [2.75, 3.05) is 19.6 Å². The highest BCUT2D eigenvalue weighted by Crippen LogP contribution is 2.22. The number of carbonyl (C=O) groups is 1. The van der Waals surface area contributed by atoms with Crippen LogP contribution in [0.4, 0.5) is 0 Å². The minimum atomic E-state index is 0.0410. The first-order valence-corrected chi connectivity index (χ1v) is 8.56. The van der Waals surface area contributed by atoms with Gasteiger partial charge in [0.05, 0.1) is 6.04 Å². The fourth-order valence-corrected chi connectivity index (χ4v) is 3.70. The molecule has 0 unspecified atom stereocenters. The summed E-state index contributed by atoms with van der Waals surface area (Å²) >= 11 is 0. The molecule has 1 aromatic carbocycles. The minimum Gasteiger partial charge on any atom is -0.340 e. The summed E-state index contributed by atoms with van der Waals surface area (Å²) in [7, 11) is 0. The van der Waals surface area contributed by atoms with Crippen molar-refractivity contribution >= 4 is 5.91 Å². The van der Waals surface area contributed by atoms with Crippen LogP contribution in [0.15, 0.2) is 30.3 Å². The summed E-state index contributed by atoms with van der Waals surface area (Å²) in [5.74, 6) is 0.297. The van der Waals surface area contributed by atoms with E-state index in [1.165, 1.54) is 12.0 Å². The van der Waals surface area contributed by atoms with Gasteiger partial charge in [-0.1, -0.05) is 36.8 Å². The van der Waals surface area contributed by atoms with Gasteiger partial charge in [-0.05, 0) is 37.8 Å². The first kappa shape index (κ1) is 15.5. The van der Waals surface area contributed by atoms with Crippen LogP contribution in [0.5, 0.6) is 0 Å². The Morgan fingerprint density at radius 3 is 2.68 bits per heavy atom. The van der Waals surface area contributed by atoms with E-state index in [0.29, 0.717) is 5.91 Å². The normalized spacial score (nSPS) is 26.9. The highest BCUT2D eigenvalue weighted by atomic mass is 16.2. The maximum Gasteiger partial charge on any atom is 0.239 e. The molecular weight excluding hydrogens is 274 g/mol. The molecule has 0 radical (unpaired) electrons. The van der Waals surface area contributed by atoms with Crippen molar-refractivity contribution in [3.05, 3.63) is 35.9 Å². The molecule has 3 rings (SSSR count). The van der Waals surface area contributed by atoms with Gasteiger partial charge >= 0.3 is 0 Å². The van der Waals surface area contributed by atoms with Crippen LogP contribution in [0.25, 0.3) is 0 Å². The van der Waals surface area contributed by atoms with E-state index in [1.54, 1.807) is 0 Å². The van der Waals surface area contributed by atoms with E-state index in [2.05, 4.69) is 29.2 Å². The third kappa shape index (κ3) is 3.68. The van der Waals surface area contributed by atoms with E-state index < -0.39 is 0 Å². The lowest BCUT2D eigenvalue weighted by atomic mass is 9.98. The topological polar surface area (TPSA) is 49.6 Å². The average molecular weight is 301 g/mol. The summed E-state index contributed by atoms with van der Waals surface area (Å²) in [4.78, 5) is 17.3. The monoisotopic (exact) mass is 301 g/mol. The van der Waals surface area contributed by atoms with Gasteiger partial charge in [-0.15, -0.1) is 0 Å². The first-order valence-electron chi connectivity index (χ1n) is 8.56. The van der Waals surface area contributed by atoms with Crippen LogP contribution in [-0.2, 0) is 11.3 Å². The summed E-state index contributed by atoms with van der Waals surface area (Å²) in [6.45, 7) is 3.50. The Balaban J connectivity index is 1.67. The van der Waals surface area contributed by atoms with Crippen LogP contribution in [0.1, 0.15) is 37.7 Å². The predicted octanol–water partition coefficient (Wildman–Crippen LogP) is 1.99. The Morgan fingerprint density at radius 1 is 1.09 bits per heavy atom. The van der Waals surface area contributed by atoms with Crippen LogP contribution in [0, 0.1) is 0 Å². The number of amides is 1. The molecule has 2 fully saturated rings. The Labute approximate surface area is 133 Å². The van der Waals surface area contributed by atoms with Gasteiger partial charge in [0.2, 0.25) is 5.91 Å². The highest BCUT2D eigenvalue weighted by Gasteiger charge is 2.33. The van der Waals surface area contributed by atoms with Crippen LogP contribution >= 0.6 is 0 Å². The summed E-state index contributed by atoms with van der Waals surface area (Å²) in [5, 5.41) is 0. The zero-order valence-corrected chi connectivity index (χ0v) is 13.3. The molecule has 1 aromatic rings. The van der Waals surface area contributed by atoms with E-state index in [9.17, 15) is 4.79 Å². The number of likely N-dealkylation sites (tertiary alicyclic amines) is 2. The van der Waals surface area contributed by atoms with Crippen LogP contribution < -0.4 is 5.73 Å². The molecule has 0 aliphatic carbocycles. The number of benzene rings is 1. The van der Waals surface area contributed by atoms with E-state index in [0.717, 1.165) is 51.9 Å². The zero-order chi connectivity index (χ0) is 15.4. The summed E-state index contributed by atoms with van der Waals surface area (Å²) < 4.78 is 0. The molecule has 2 atom stereocenters. The van der Waals surface area contributed by atoms with Gasteiger partial charge in [0.25, 0.3) is 0 Å². The lowest BCUT2D eigenvalue weighted by molar-refractivity contribution is -0.139. The van der Waals surface area contributed by atoms with Crippen molar-refractivity contribution in [2.45, 2.75) is 50.7 Å². The zero-order valence-electron chi connectivity index (χ0n) is 13.3. The number of piperidine rings is 2. The smallest absolute Gasteiger partial charge is 0.239 e. The third-order valence-electron chi connectivity index (χ3n) is 4.90. The number of rotatable bonds is 3. The average Bonchev–Trinajstić information content (AvgIpc) is 2.56. The van der Waals surface area contributed by atoms with Crippen molar-refractivity contribution < 1.29 is 4.79 Å². The molecule has 0 saturated carbocycles. The SMILES string of the molecule is N[C@@H]1CCCN(C(=O)[C@H]2CCCCN2Cc2ccccc2)C1. The predicted molar refractivity (Wildman–Crippen MR) is 88.3 cm³/mol. The minimum absolute atomic E-state index is 0.0410. The summed E-state index contributed by atoms with van der Waals surface area (Å²) in [6.07, 6.45) is 5.41. The van der Waals surface area contributed by atoms with E-state index in [-0.39, 0.29) is 12.1 Å². The molecule has 2 aliphatic rings. The number of nitrogens with zero attached hydrogens (tertiary/aromatic N) is 2. The second-order valence-corrected chi connectivity index (χ2v) is 6.65. The molecule has 2 heterocycles. The van der Waals surface area contributed by atoms with E-state index in [1.807, 2.05) is 11.0 Å². The van der Waals surface area contributed by atoms with Gasteiger partial charge in [-0.25, -0.2) is 0 Å². The molecule has 0 spiro atoms. The van der Waals surface area contributed by atoms with Crippen molar-refractivity contribution in [1.82, 2.24) is 9.80 Å². The Morgan fingerprint density at radius 2 is 1.91 bits per heavy atom. The third-order valence-corrected chi connectivity index (χ3v) is 4.90. The summed E-state index contributed by atoms with van der Waals surface area (Å²) in [5.41, 5.74) is 7.33. The lowest BCUT2D eigenvalue weighted by Crippen LogP contribution is -2.54. The second-order valence-electron chi connectivity index (χ2n) is 6.65. The molecule has 1 amide bonds. The maximum atomic E-state index is 12.9. The standard InChI is InChI=1S/C18H27N3O/c19-16-9-6-12-21(14-16)18(22)17-10-4-5-11-20(17)13-15-7-2-1-3-8-15/h1-3,7-8,16-17H,4-6,9-14,19H2/t16-,17-/m1/s1. The fourth-order valence-electron chi connectivity index (χ4n) is 3.70. The molecular formula is C18H27N3O. The molecule has 2 saturated heterocycles. The van der Waals surface area contributed by atoms with Gasteiger partial charge in [0.15, 0.2) is 0 Å². The van der Waals surface area contributed by atoms with Crippen LogP contribution in [0.2, 0.25) is 0 Å². The fraction of sp³-hybridized carbons (Fsp3) is 0.611. The number of nitrogens with two attached hydrogens (primary N) is 1. The lowest BCUT2D eigenvalue weighted by Gasteiger charge is -2.40. The van der Waals surface area contributed by atoms with Gasteiger partial charge in [-0.2, -0.15) is 0 Å². The maximum absolute atomic E-state index is 12.9. The first-order chi connectivity index (χ1) is 10.7. The molecule has 0 bridgehead atoms. The Kier molecular flexibility index (Phi) is 5.11. The molecule has 0 aromatic heterocycles. The van der Waals surface area contributed by atoms with Crippen molar-refractivity contribution in [2.24, 2.45) is 5.73 Å². The van der Waals surface area contributed by atoms with Crippen LogP contribution in [-0.4, -0.2) is 47.4 Å². The highest BCUT2D eigenvalue weighted by molar-refractivity contribution is 5.82. The van der Waals surface area contributed by atoms with E-state index in [4.69, 9.17) is 5.73 Å². The molecule has 4 nitrogen and oxygen atoms in total.